The Kier molecular flexibility index (Phi) is 9.87. The number of nitrogens with zero attached hydrogens (tertiary/aromatic N) is 1. The summed E-state index contributed by atoms with van der Waals surface area (Å²) in [6.45, 7) is 4.31. The normalized spacial score (nSPS) is 18.1. The van der Waals surface area contributed by atoms with Crippen molar-refractivity contribution in [2.24, 2.45) is 4.99 Å². The van der Waals surface area contributed by atoms with Gasteiger partial charge in [-0.1, -0.05) is 30.3 Å². The number of benzene rings is 3. The van der Waals surface area contributed by atoms with Gasteiger partial charge in [0.25, 0.3) is 5.91 Å². The van der Waals surface area contributed by atoms with Gasteiger partial charge in [-0.15, -0.1) is 6.58 Å². The van der Waals surface area contributed by atoms with Crippen LogP contribution in [0.25, 0.3) is 0 Å². The van der Waals surface area contributed by atoms with Gasteiger partial charge in [0.15, 0.2) is 11.6 Å². The second-order valence-corrected chi connectivity index (χ2v) is 9.56. The Bertz CT molecular complexity index is 1390. The molecule has 1 heterocycles. The first-order chi connectivity index (χ1) is 20.2. The molecule has 4 rings (SSSR count). The summed E-state index contributed by atoms with van der Waals surface area (Å²) in [6.07, 6.45) is -3.08. The molecule has 222 valence electrons. The van der Waals surface area contributed by atoms with Gasteiger partial charge in [-0.2, -0.15) is 13.2 Å². The third-order valence-corrected chi connectivity index (χ3v) is 6.66. The van der Waals surface area contributed by atoms with Gasteiger partial charge in [0, 0.05) is 31.6 Å². The Morgan fingerprint density at radius 2 is 1.86 bits per heavy atom. The lowest BCUT2D eigenvalue weighted by Gasteiger charge is -2.29. The molecule has 0 spiro atoms. The number of alkyl halides is 3. The standard InChI is InChI=1S/C31H32F3N3O5/c1-3-16-30(29(39)37-35-20-21-8-12-24(13-9-21)31(32,33)34)27(23-6-4-7-26(19-23)40-2)42-28(36-30)22-10-14-25(15-11-22)41-18-5-17-38/h3-4,6-15,19,27,35,38H,1,5,16-18,20H2,2H3,(H,37,39)/t27-,30-/m0/s1. The lowest BCUT2D eigenvalue weighted by molar-refractivity contribution is -0.137. The van der Waals surface area contributed by atoms with Crippen molar-refractivity contribution in [3.63, 3.8) is 0 Å². The highest BCUT2D eigenvalue weighted by atomic mass is 19.4. The number of hydrazine groups is 1. The average Bonchev–Trinajstić information content (AvgIpc) is 3.38. The molecule has 3 N–H and O–H groups in total. The number of aliphatic imine (C=N–C) groups is 1. The number of carbonyl (C=O) groups is 1. The summed E-state index contributed by atoms with van der Waals surface area (Å²) in [6, 6.07) is 18.8. The van der Waals surface area contributed by atoms with Crippen molar-refractivity contribution < 1.29 is 37.3 Å². The Morgan fingerprint density at radius 3 is 2.50 bits per heavy atom. The summed E-state index contributed by atoms with van der Waals surface area (Å²) in [5.74, 6) is 0.908. The Labute approximate surface area is 241 Å². The van der Waals surface area contributed by atoms with Crippen LogP contribution in [0, 0.1) is 0 Å². The number of carbonyl (C=O) groups excluding carboxylic acids is 1. The summed E-state index contributed by atoms with van der Waals surface area (Å²) in [5, 5.41) is 8.97. The molecular weight excluding hydrogens is 551 g/mol. The molecule has 2 atom stereocenters. The van der Waals surface area contributed by atoms with Crippen molar-refractivity contribution >= 4 is 11.8 Å². The zero-order valence-corrected chi connectivity index (χ0v) is 23.0. The molecule has 0 radical (unpaired) electrons. The van der Waals surface area contributed by atoms with Gasteiger partial charge in [0.05, 0.1) is 19.3 Å². The maximum absolute atomic E-state index is 13.8. The molecule has 0 unspecified atom stereocenters. The molecule has 0 aromatic heterocycles. The van der Waals surface area contributed by atoms with E-state index in [9.17, 15) is 18.0 Å². The van der Waals surface area contributed by atoms with E-state index in [-0.39, 0.29) is 25.5 Å². The van der Waals surface area contributed by atoms with Gasteiger partial charge in [0.2, 0.25) is 5.90 Å². The SMILES string of the molecule is C=CC[C@]1(C(=O)NNCc2ccc(C(F)(F)F)cc2)N=C(c2ccc(OCCCO)cc2)O[C@H]1c1cccc(OC)c1. The fourth-order valence-electron chi connectivity index (χ4n) is 4.49. The highest BCUT2D eigenvalue weighted by Crippen LogP contribution is 2.43. The minimum absolute atomic E-state index is 0.0288. The number of methoxy groups -OCH3 is 1. The molecular formula is C31H32F3N3O5. The Hall–Kier alpha value is -4.35. The Morgan fingerprint density at radius 1 is 1.12 bits per heavy atom. The highest BCUT2D eigenvalue weighted by molar-refractivity contribution is 6.01. The number of amides is 1. The number of hydrogen-bond acceptors (Lipinski definition) is 7. The van der Waals surface area contributed by atoms with E-state index in [0.717, 1.165) is 12.1 Å². The van der Waals surface area contributed by atoms with Crippen LogP contribution in [0.15, 0.2) is 90.4 Å². The number of aliphatic hydroxyl groups is 1. The number of rotatable bonds is 13. The van der Waals surface area contributed by atoms with Crippen molar-refractivity contribution in [3.05, 3.63) is 108 Å². The lowest BCUT2D eigenvalue weighted by atomic mass is 9.84. The molecule has 0 bridgehead atoms. The molecule has 8 nitrogen and oxygen atoms in total. The molecule has 1 aliphatic heterocycles. The monoisotopic (exact) mass is 583 g/mol. The van der Waals surface area contributed by atoms with E-state index >= 15 is 0 Å². The smallest absolute Gasteiger partial charge is 0.416 e. The van der Waals surface area contributed by atoms with Gasteiger partial charge >= 0.3 is 6.18 Å². The van der Waals surface area contributed by atoms with Crippen molar-refractivity contribution in [2.45, 2.75) is 37.2 Å². The van der Waals surface area contributed by atoms with Crippen molar-refractivity contribution in [2.75, 3.05) is 20.3 Å². The van der Waals surface area contributed by atoms with E-state index in [4.69, 9.17) is 24.3 Å². The topological polar surface area (TPSA) is 101 Å². The number of aliphatic hydroxyl groups excluding tert-OH is 1. The second kappa shape index (κ2) is 13.5. The molecule has 0 saturated heterocycles. The molecule has 11 heteroatoms. The van der Waals surface area contributed by atoms with Gasteiger partial charge in [-0.3, -0.25) is 10.2 Å². The van der Waals surface area contributed by atoms with Gasteiger partial charge in [-0.05, 0) is 59.7 Å². The minimum atomic E-state index is -4.43. The van der Waals surface area contributed by atoms with E-state index in [1.54, 1.807) is 48.5 Å². The van der Waals surface area contributed by atoms with Crippen molar-refractivity contribution in [3.8, 4) is 11.5 Å². The van der Waals surface area contributed by atoms with Gasteiger partial charge in [-0.25, -0.2) is 10.4 Å². The maximum atomic E-state index is 13.8. The summed E-state index contributed by atoms with van der Waals surface area (Å²) in [7, 11) is 1.54. The molecule has 0 saturated carbocycles. The quantitative estimate of drug-likeness (QED) is 0.147. The minimum Gasteiger partial charge on any atom is -0.497 e. The first-order valence-electron chi connectivity index (χ1n) is 13.2. The summed E-state index contributed by atoms with van der Waals surface area (Å²) >= 11 is 0. The fourth-order valence-corrected chi connectivity index (χ4v) is 4.49. The molecule has 3 aromatic carbocycles. The van der Waals surface area contributed by atoms with Crippen molar-refractivity contribution in [1.29, 1.82) is 0 Å². The molecule has 1 aliphatic rings. The van der Waals surface area contributed by atoms with Crippen LogP contribution in [0.5, 0.6) is 11.5 Å². The largest absolute Gasteiger partial charge is 0.497 e. The predicted molar refractivity (Wildman–Crippen MR) is 151 cm³/mol. The maximum Gasteiger partial charge on any atom is 0.416 e. The highest BCUT2D eigenvalue weighted by Gasteiger charge is 2.52. The van der Waals surface area contributed by atoms with Crippen LogP contribution in [0.4, 0.5) is 13.2 Å². The van der Waals surface area contributed by atoms with Crippen molar-refractivity contribution in [1.82, 2.24) is 10.9 Å². The number of halogens is 3. The second-order valence-electron chi connectivity index (χ2n) is 9.56. The number of hydrogen-bond donors (Lipinski definition) is 3. The third kappa shape index (κ3) is 7.10. The van der Waals surface area contributed by atoms with Crippen LogP contribution in [0.3, 0.4) is 0 Å². The lowest BCUT2D eigenvalue weighted by Crippen LogP contribution is -2.52. The zero-order chi connectivity index (χ0) is 30.2. The van der Waals surface area contributed by atoms with Crippen LogP contribution in [-0.4, -0.2) is 42.8 Å². The molecule has 0 aliphatic carbocycles. The molecule has 1 amide bonds. The van der Waals surface area contributed by atoms with Crippen LogP contribution < -0.4 is 20.3 Å². The number of ether oxygens (including phenoxy) is 3. The molecule has 42 heavy (non-hydrogen) atoms. The number of nitrogens with one attached hydrogen (secondary N) is 2. The molecule has 0 fully saturated rings. The van der Waals surface area contributed by atoms with Gasteiger partial charge < -0.3 is 19.3 Å². The third-order valence-electron chi connectivity index (χ3n) is 6.66. The van der Waals surface area contributed by atoms with Crippen LogP contribution in [0.1, 0.15) is 41.2 Å². The summed E-state index contributed by atoms with van der Waals surface area (Å²) in [4.78, 5) is 18.6. The summed E-state index contributed by atoms with van der Waals surface area (Å²) < 4.78 is 56.0. The summed E-state index contributed by atoms with van der Waals surface area (Å²) in [5.41, 5.74) is 5.06. The average molecular weight is 584 g/mol. The van der Waals surface area contributed by atoms with Crippen LogP contribution in [0.2, 0.25) is 0 Å². The van der Waals surface area contributed by atoms with Gasteiger partial charge in [0.1, 0.15) is 11.5 Å². The van der Waals surface area contributed by atoms with Crippen LogP contribution >= 0.6 is 0 Å². The zero-order valence-electron chi connectivity index (χ0n) is 23.0. The van der Waals surface area contributed by atoms with E-state index in [1.807, 2.05) is 6.07 Å². The van der Waals surface area contributed by atoms with E-state index in [0.29, 0.717) is 41.2 Å². The predicted octanol–water partition coefficient (Wildman–Crippen LogP) is 5.13. The first-order valence-corrected chi connectivity index (χ1v) is 13.2. The van der Waals surface area contributed by atoms with E-state index < -0.39 is 29.3 Å². The van der Waals surface area contributed by atoms with Crippen LogP contribution in [-0.2, 0) is 22.3 Å². The van der Waals surface area contributed by atoms with E-state index in [2.05, 4.69) is 17.4 Å². The molecule has 3 aromatic rings. The first kappa shape index (κ1) is 30.6. The fraction of sp³-hybridized carbons (Fsp3) is 0.290. The Balaban J connectivity index is 1.59. The van der Waals surface area contributed by atoms with E-state index in [1.165, 1.54) is 19.2 Å².